The van der Waals surface area contributed by atoms with Gasteiger partial charge in [-0.2, -0.15) is 0 Å². The summed E-state index contributed by atoms with van der Waals surface area (Å²) in [6, 6.07) is 2.84. The first-order chi connectivity index (χ1) is 8.49. The van der Waals surface area contributed by atoms with E-state index in [1.165, 1.54) is 18.3 Å². The van der Waals surface area contributed by atoms with E-state index >= 15 is 0 Å². The van der Waals surface area contributed by atoms with Gasteiger partial charge in [-0.1, -0.05) is 18.0 Å². The van der Waals surface area contributed by atoms with Crippen LogP contribution in [0.2, 0.25) is 5.15 Å². The van der Waals surface area contributed by atoms with Crippen LogP contribution in [0, 0.1) is 5.92 Å². The van der Waals surface area contributed by atoms with Crippen LogP contribution >= 0.6 is 11.6 Å². The molecule has 2 unspecified atom stereocenters. The van der Waals surface area contributed by atoms with Crippen molar-refractivity contribution in [2.45, 2.75) is 30.3 Å². The summed E-state index contributed by atoms with van der Waals surface area (Å²) >= 11 is 5.60. The van der Waals surface area contributed by atoms with Crippen molar-refractivity contribution in [2.75, 3.05) is 6.54 Å². The number of aliphatic hydroxyl groups is 1. The van der Waals surface area contributed by atoms with Crippen LogP contribution in [0.3, 0.4) is 0 Å². The third-order valence-electron chi connectivity index (χ3n) is 3.17. The first-order valence-electron chi connectivity index (χ1n) is 5.78. The van der Waals surface area contributed by atoms with Gasteiger partial charge in [0.15, 0.2) is 0 Å². The Balaban J connectivity index is 2.01. The standard InChI is InChI=1S/C11H15ClN2O3S/c12-11-5-4-9(7-13-11)18(16,17)14-6-8-2-1-3-10(8)15/h4-5,7-8,10,14-15H,1-3,6H2. The van der Waals surface area contributed by atoms with Crippen LogP contribution < -0.4 is 4.72 Å². The Morgan fingerprint density at radius 2 is 2.22 bits per heavy atom. The summed E-state index contributed by atoms with van der Waals surface area (Å²) in [6.45, 7) is 0.256. The lowest BCUT2D eigenvalue weighted by atomic mass is 10.1. The summed E-state index contributed by atoms with van der Waals surface area (Å²) < 4.78 is 26.4. The molecule has 100 valence electrons. The molecule has 1 aliphatic carbocycles. The van der Waals surface area contributed by atoms with Gasteiger partial charge in [0.05, 0.1) is 6.10 Å². The van der Waals surface area contributed by atoms with Crippen molar-refractivity contribution < 1.29 is 13.5 Å². The van der Waals surface area contributed by atoms with Gasteiger partial charge >= 0.3 is 0 Å². The molecule has 0 bridgehead atoms. The van der Waals surface area contributed by atoms with E-state index in [2.05, 4.69) is 9.71 Å². The number of aromatic nitrogens is 1. The monoisotopic (exact) mass is 290 g/mol. The molecule has 5 nitrogen and oxygen atoms in total. The van der Waals surface area contributed by atoms with Crippen LogP contribution in [0.1, 0.15) is 19.3 Å². The van der Waals surface area contributed by atoms with Crippen molar-refractivity contribution in [3.05, 3.63) is 23.5 Å². The van der Waals surface area contributed by atoms with Crippen LogP contribution in [-0.2, 0) is 10.0 Å². The van der Waals surface area contributed by atoms with Gasteiger partial charge in [-0.05, 0) is 30.9 Å². The maximum absolute atomic E-state index is 11.9. The third kappa shape index (κ3) is 3.20. The molecule has 0 radical (unpaired) electrons. The first-order valence-corrected chi connectivity index (χ1v) is 7.64. The van der Waals surface area contributed by atoms with Crippen molar-refractivity contribution in [1.82, 2.24) is 9.71 Å². The van der Waals surface area contributed by atoms with Crippen LogP contribution in [-0.4, -0.2) is 31.2 Å². The number of aliphatic hydroxyl groups excluding tert-OH is 1. The molecule has 1 fully saturated rings. The number of hydrogen-bond acceptors (Lipinski definition) is 4. The molecule has 0 aliphatic heterocycles. The van der Waals surface area contributed by atoms with E-state index in [-0.39, 0.29) is 22.5 Å². The fourth-order valence-corrected chi connectivity index (χ4v) is 3.23. The molecule has 0 saturated heterocycles. The van der Waals surface area contributed by atoms with E-state index in [0.717, 1.165) is 19.3 Å². The van der Waals surface area contributed by atoms with E-state index in [1.54, 1.807) is 0 Å². The van der Waals surface area contributed by atoms with Crippen LogP contribution in [0.25, 0.3) is 0 Å². The molecule has 0 aromatic carbocycles. The predicted octanol–water partition coefficient (Wildman–Crippen LogP) is 1.17. The molecular weight excluding hydrogens is 276 g/mol. The minimum atomic E-state index is -3.57. The van der Waals surface area contributed by atoms with Crippen molar-refractivity contribution in [3.63, 3.8) is 0 Å². The van der Waals surface area contributed by atoms with E-state index in [4.69, 9.17) is 11.6 Å². The highest BCUT2D eigenvalue weighted by Crippen LogP contribution is 2.25. The minimum absolute atomic E-state index is 0.0000318. The van der Waals surface area contributed by atoms with Gasteiger partial charge in [-0.25, -0.2) is 18.1 Å². The maximum atomic E-state index is 11.9. The Bertz CT molecular complexity index is 504. The number of rotatable bonds is 4. The summed E-state index contributed by atoms with van der Waals surface area (Å²) in [5, 5.41) is 9.88. The van der Waals surface area contributed by atoms with E-state index < -0.39 is 16.1 Å². The topological polar surface area (TPSA) is 79.3 Å². The zero-order valence-corrected chi connectivity index (χ0v) is 11.3. The molecule has 1 aliphatic rings. The zero-order chi connectivity index (χ0) is 13.2. The smallest absolute Gasteiger partial charge is 0.242 e. The normalized spacial score (nSPS) is 24.3. The molecule has 1 aromatic rings. The molecule has 18 heavy (non-hydrogen) atoms. The highest BCUT2D eigenvalue weighted by Gasteiger charge is 2.26. The first kappa shape index (κ1) is 13.7. The van der Waals surface area contributed by atoms with Crippen LogP contribution in [0.4, 0.5) is 0 Å². The average Bonchev–Trinajstić information content (AvgIpc) is 2.73. The van der Waals surface area contributed by atoms with E-state index in [0.29, 0.717) is 0 Å². The summed E-state index contributed by atoms with van der Waals surface area (Å²) in [5.41, 5.74) is 0. The van der Waals surface area contributed by atoms with Gasteiger partial charge in [0.25, 0.3) is 0 Å². The Hall–Kier alpha value is -0.690. The lowest BCUT2D eigenvalue weighted by molar-refractivity contribution is 0.134. The van der Waals surface area contributed by atoms with Crippen molar-refractivity contribution in [3.8, 4) is 0 Å². The number of nitrogens with one attached hydrogen (secondary N) is 1. The Morgan fingerprint density at radius 1 is 1.44 bits per heavy atom. The zero-order valence-electron chi connectivity index (χ0n) is 9.71. The largest absolute Gasteiger partial charge is 0.393 e. The van der Waals surface area contributed by atoms with Crippen LogP contribution in [0.5, 0.6) is 0 Å². The van der Waals surface area contributed by atoms with Crippen LogP contribution in [0.15, 0.2) is 23.2 Å². The second kappa shape index (κ2) is 5.52. The molecular formula is C11H15ClN2O3S. The molecule has 1 heterocycles. The maximum Gasteiger partial charge on any atom is 0.242 e. The molecule has 0 amide bonds. The van der Waals surface area contributed by atoms with E-state index in [1.807, 2.05) is 0 Å². The van der Waals surface area contributed by atoms with E-state index in [9.17, 15) is 13.5 Å². The second-order valence-corrected chi connectivity index (χ2v) is 6.58. The molecule has 2 N–H and O–H groups in total. The summed E-state index contributed by atoms with van der Waals surface area (Å²) in [5.74, 6) is 0.0000318. The van der Waals surface area contributed by atoms with Gasteiger partial charge in [-0.3, -0.25) is 0 Å². The SMILES string of the molecule is O=S(=O)(NCC1CCCC1O)c1ccc(Cl)nc1. The van der Waals surface area contributed by atoms with Gasteiger partial charge in [0.1, 0.15) is 10.0 Å². The Labute approximate surface area is 111 Å². The second-order valence-electron chi connectivity index (χ2n) is 4.43. The highest BCUT2D eigenvalue weighted by atomic mass is 35.5. The highest BCUT2D eigenvalue weighted by molar-refractivity contribution is 7.89. The van der Waals surface area contributed by atoms with Crippen molar-refractivity contribution in [1.29, 1.82) is 0 Å². The van der Waals surface area contributed by atoms with Gasteiger partial charge in [0, 0.05) is 12.7 Å². The third-order valence-corrected chi connectivity index (χ3v) is 4.80. The number of nitrogens with zero attached hydrogens (tertiary/aromatic N) is 1. The fourth-order valence-electron chi connectivity index (χ4n) is 2.08. The Morgan fingerprint density at radius 3 is 2.78 bits per heavy atom. The molecule has 1 saturated carbocycles. The summed E-state index contributed by atoms with van der Waals surface area (Å²) in [4.78, 5) is 3.82. The van der Waals surface area contributed by atoms with Crippen molar-refractivity contribution in [2.24, 2.45) is 5.92 Å². The van der Waals surface area contributed by atoms with Gasteiger partial charge in [-0.15, -0.1) is 0 Å². The number of halogens is 1. The summed E-state index contributed by atoms with van der Waals surface area (Å²) in [6.07, 6.45) is 3.35. The lowest BCUT2D eigenvalue weighted by Crippen LogP contribution is -2.32. The Kier molecular flexibility index (Phi) is 4.21. The molecule has 2 atom stereocenters. The molecule has 0 spiro atoms. The molecule has 7 heteroatoms. The fraction of sp³-hybridized carbons (Fsp3) is 0.545. The van der Waals surface area contributed by atoms with Gasteiger partial charge in [0.2, 0.25) is 10.0 Å². The van der Waals surface area contributed by atoms with Gasteiger partial charge < -0.3 is 5.11 Å². The average molecular weight is 291 g/mol. The summed E-state index contributed by atoms with van der Waals surface area (Å²) in [7, 11) is -3.57. The number of sulfonamides is 1. The quantitative estimate of drug-likeness (QED) is 0.816. The lowest BCUT2D eigenvalue weighted by Gasteiger charge is -2.15. The minimum Gasteiger partial charge on any atom is -0.393 e. The molecule has 2 rings (SSSR count). The van der Waals surface area contributed by atoms with Crippen molar-refractivity contribution >= 4 is 21.6 Å². The predicted molar refractivity (Wildman–Crippen MR) is 67.8 cm³/mol. The number of hydrogen-bond donors (Lipinski definition) is 2. The molecule has 1 aromatic heterocycles. The number of pyridine rings is 1.